The van der Waals surface area contributed by atoms with E-state index in [9.17, 15) is 9.59 Å². The molecule has 0 heterocycles. The Labute approximate surface area is 160 Å². The fourth-order valence-corrected chi connectivity index (χ4v) is 2.73. The van der Waals surface area contributed by atoms with Gasteiger partial charge < -0.3 is 10.6 Å². The zero-order chi connectivity index (χ0) is 18.5. The Bertz CT molecular complexity index is 938. The van der Waals surface area contributed by atoms with E-state index in [1.54, 1.807) is 36.4 Å². The van der Waals surface area contributed by atoms with Crippen molar-refractivity contribution in [1.29, 1.82) is 0 Å². The second-order valence-electron chi connectivity index (χ2n) is 5.81. The third kappa shape index (κ3) is 4.37. The molecule has 0 aromatic heterocycles. The lowest BCUT2D eigenvalue weighted by Crippen LogP contribution is -2.14. The molecule has 3 rings (SSSR count). The first-order valence-electron chi connectivity index (χ1n) is 8.07. The van der Waals surface area contributed by atoms with E-state index < -0.39 is 0 Å². The van der Waals surface area contributed by atoms with Crippen LogP contribution in [-0.4, -0.2) is 11.8 Å². The van der Waals surface area contributed by atoms with Crippen molar-refractivity contribution < 1.29 is 9.59 Å². The van der Waals surface area contributed by atoms with Gasteiger partial charge in [-0.2, -0.15) is 0 Å². The van der Waals surface area contributed by atoms with Crippen molar-refractivity contribution in [3.05, 3.63) is 94.0 Å². The summed E-state index contributed by atoms with van der Waals surface area (Å²) in [5, 5.41) is 5.75. The predicted octanol–water partition coefficient (Wildman–Crippen LogP) is 5.26. The number of nitrogens with one attached hydrogen (secondary N) is 2. The van der Waals surface area contributed by atoms with Gasteiger partial charge in [0.05, 0.1) is 0 Å². The number of amides is 2. The number of hydrogen-bond acceptors (Lipinski definition) is 2. The molecule has 3 aromatic carbocycles. The minimum atomic E-state index is -0.182. The molecular weight excluding hydrogens is 392 g/mol. The lowest BCUT2D eigenvalue weighted by Gasteiger charge is -2.11. The predicted molar refractivity (Wildman–Crippen MR) is 108 cm³/mol. The van der Waals surface area contributed by atoms with Gasteiger partial charge in [-0.1, -0.05) is 34.1 Å². The minimum absolute atomic E-state index is 0.166. The molecule has 2 amide bonds. The maximum absolute atomic E-state index is 12.3. The highest BCUT2D eigenvalue weighted by Crippen LogP contribution is 2.21. The Morgan fingerprint density at radius 1 is 0.769 bits per heavy atom. The van der Waals surface area contributed by atoms with Gasteiger partial charge in [-0.15, -0.1) is 0 Å². The van der Waals surface area contributed by atoms with Crippen molar-refractivity contribution >= 4 is 39.1 Å². The smallest absolute Gasteiger partial charge is 0.255 e. The molecule has 0 spiro atoms. The lowest BCUT2D eigenvalue weighted by atomic mass is 10.1. The van der Waals surface area contributed by atoms with Crippen LogP contribution in [-0.2, 0) is 0 Å². The summed E-state index contributed by atoms with van der Waals surface area (Å²) in [6, 6.07) is 21.6. The van der Waals surface area contributed by atoms with Crippen LogP contribution in [0.2, 0.25) is 0 Å². The fourth-order valence-electron chi connectivity index (χ4n) is 2.47. The summed E-state index contributed by atoms with van der Waals surface area (Å²) in [5.74, 6) is -0.349. The van der Waals surface area contributed by atoms with E-state index in [1.165, 1.54) is 0 Å². The van der Waals surface area contributed by atoms with Gasteiger partial charge >= 0.3 is 0 Å². The molecule has 130 valence electrons. The van der Waals surface area contributed by atoms with Crippen molar-refractivity contribution in [2.24, 2.45) is 0 Å². The Balaban J connectivity index is 1.70. The molecule has 0 fully saturated rings. The van der Waals surface area contributed by atoms with Gasteiger partial charge in [0.15, 0.2) is 0 Å². The van der Waals surface area contributed by atoms with Crippen LogP contribution in [0, 0.1) is 6.92 Å². The summed E-state index contributed by atoms with van der Waals surface area (Å²) in [6.45, 7) is 1.88. The Morgan fingerprint density at radius 3 is 2.04 bits per heavy atom. The highest BCUT2D eigenvalue weighted by Gasteiger charge is 2.10. The molecule has 0 radical (unpaired) electrons. The summed E-state index contributed by atoms with van der Waals surface area (Å²) in [6.07, 6.45) is 0. The van der Waals surface area contributed by atoms with E-state index in [4.69, 9.17) is 0 Å². The number of benzene rings is 3. The molecule has 0 aliphatic carbocycles. The molecule has 2 N–H and O–H groups in total. The maximum Gasteiger partial charge on any atom is 0.255 e. The molecule has 4 nitrogen and oxygen atoms in total. The van der Waals surface area contributed by atoms with E-state index in [0.717, 1.165) is 10.0 Å². The van der Waals surface area contributed by atoms with Crippen LogP contribution in [0.4, 0.5) is 11.4 Å². The number of aryl methyl sites for hydroxylation is 1. The zero-order valence-corrected chi connectivity index (χ0v) is 15.7. The molecule has 0 atom stereocenters. The normalized spacial score (nSPS) is 10.2. The highest BCUT2D eigenvalue weighted by molar-refractivity contribution is 9.10. The average Bonchev–Trinajstić information content (AvgIpc) is 2.65. The number of halogens is 1. The van der Waals surface area contributed by atoms with Crippen LogP contribution in [0.15, 0.2) is 77.3 Å². The molecular formula is C21H17BrN2O2. The summed E-state index contributed by atoms with van der Waals surface area (Å²) in [5.41, 5.74) is 3.42. The van der Waals surface area contributed by atoms with Crippen LogP contribution in [0.25, 0.3) is 0 Å². The van der Waals surface area contributed by atoms with E-state index >= 15 is 0 Å². The van der Waals surface area contributed by atoms with E-state index in [-0.39, 0.29) is 11.8 Å². The van der Waals surface area contributed by atoms with Crippen molar-refractivity contribution in [1.82, 2.24) is 0 Å². The number of anilines is 2. The zero-order valence-electron chi connectivity index (χ0n) is 14.1. The van der Waals surface area contributed by atoms with Gasteiger partial charge in [0.25, 0.3) is 11.8 Å². The molecule has 0 bridgehead atoms. The Kier molecular flexibility index (Phi) is 5.49. The molecule has 0 saturated carbocycles. The molecule has 3 aromatic rings. The quantitative estimate of drug-likeness (QED) is 0.618. The van der Waals surface area contributed by atoms with Crippen molar-refractivity contribution in [3.63, 3.8) is 0 Å². The van der Waals surface area contributed by atoms with Crippen LogP contribution in [0.5, 0.6) is 0 Å². The highest BCUT2D eigenvalue weighted by atomic mass is 79.9. The minimum Gasteiger partial charge on any atom is -0.322 e. The maximum atomic E-state index is 12.3. The van der Waals surface area contributed by atoms with Crippen molar-refractivity contribution in [2.45, 2.75) is 6.92 Å². The first kappa shape index (κ1) is 17.9. The van der Waals surface area contributed by atoms with Crippen molar-refractivity contribution in [2.75, 3.05) is 10.6 Å². The third-order valence-electron chi connectivity index (χ3n) is 3.87. The number of carbonyl (C=O) groups excluding carboxylic acids is 2. The monoisotopic (exact) mass is 408 g/mol. The van der Waals surface area contributed by atoms with Gasteiger partial charge in [0.1, 0.15) is 0 Å². The second-order valence-corrected chi connectivity index (χ2v) is 6.73. The van der Waals surface area contributed by atoms with E-state index in [0.29, 0.717) is 22.5 Å². The first-order valence-corrected chi connectivity index (χ1v) is 8.86. The van der Waals surface area contributed by atoms with E-state index in [1.807, 2.05) is 43.3 Å². The molecule has 0 aliphatic heterocycles. The molecule has 0 aliphatic rings. The van der Waals surface area contributed by atoms with Gasteiger partial charge in [-0.3, -0.25) is 9.59 Å². The van der Waals surface area contributed by atoms with Crippen LogP contribution in [0.3, 0.4) is 0 Å². The fraction of sp³-hybridized carbons (Fsp3) is 0.0476. The third-order valence-corrected chi connectivity index (χ3v) is 4.40. The number of carbonyl (C=O) groups is 2. The van der Waals surface area contributed by atoms with Gasteiger partial charge in [0, 0.05) is 27.0 Å². The summed E-state index contributed by atoms with van der Waals surface area (Å²) in [7, 11) is 0. The molecule has 0 saturated heterocycles. The molecule has 26 heavy (non-hydrogen) atoms. The molecule has 0 unspecified atom stereocenters. The van der Waals surface area contributed by atoms with Crippen LogP contribution in [0.1, 0.15) is 26.3 Å². The van der Waals surface area contributed by atoms with Gasteiger partial charge in [0.2, 0.25) is 0 Å². The van der Waals surface area contributed by atoms with Crippen molar-refractivity contribution in [3.8, 4) is 0 Å². The SMILES string of the molecule is Cc1cc(NC(=O)c2ccc(Br)cc2)ccc1NC(=O)c1ccccc1. The summed E-state index contributed by atoms with van der Waals surface area (Å²) < 4.78 is 0.920. The standard InChI is InChI=1S/C21H17BrN2O2/c1-14-13-18(23-20(25)16-7-9-17(22)10-8-16)11-12-19(14)24-21(26)15-5-3-2-4-6-15/h2-13H,1H3,(H,23,25)(H,24,26). The number of hydrogen-bond donors (Lipinski definition) is 2. The van der Waals surface area contributed by atoms with Gasteiger partial charge in [-0.25, -0.2) is 0 Å². The van der Waals surface area contributed by atoms with E-state index in [2.05, 4.69) is 26.6 Å². The lowest BCUT2D eigenvalue weighted by molar-refractivity contribution is 0.101. The Hall–Kier alpha value is -2.92. The second kappa shape index (κ2) is 7.97. The summed E-state index contributed by atoms with van der Waals surface area (Å²) in [4.78, 5) is 24.5. The number of rotatable bonds is 4. The molecule has 5 heteroatoms. The summed E-state index contributed by atoms with van der Waals surface area (Å²) >= 11 is 3.35. The topological polar surface area (TPSA) is 58.2 Å². The first-order chi connectivity index (χ1) is 12.5. The van der Waals surface area contributed by atoms with Gasteiger partial charge in [-0.05, 0) is 67.1 Å². The Morgan fingerprint density at radius 2 is 1.38 bits per heavy atom. The van der Waals surface area contributed by atoms with Crippen LogP contribution >= 0.6 is 15.9 Å². The largest absolute Gasteiger partial charge is 0.322 e. The van der Waals surface area contributed by atoms with Crippen LogP contribution < -0.4 is 10.6 Å². The average molecular weight is 409 g/mol.